The van der Waals surface area contributed by atoms with Crippen LogP contribution in [0.2, 0.25) is 0 Å². The van der Waals surface area contributed by atoms with Crippen LogP contribution < -0.4 is 5.32 Å². The van der Waals surface area contributed by atoms with Gasteiger partial charge in [-0.25, -0.2) is 0 Å². The maximum absolute atomic E-state index is 11.1. The Morgan fingerprint density at radius 3 is 2.75 bits per heavy atom. The maximum Gasteiger partial charge on any atom is 0.309 e. The van der Waals surface area contributed by atoms with Crippen LogP contribution >= 0.6 is 12.4 Å². The van der Waals surface area contributed by atoms with E-state index < -0.39 is 0 Å². The average molecular weight is 194 g/mol. The van der Waals surface area contributed by atoms with Gasteiger partial charge in [0.05, 0.1) is 13.0 Å². The predicted molar refractivity (Wildman–Crippen MR) is 49.4 cm³/mol. The van der Waals surface area contributed by atoms with Gasteiger partial charge in [-0.05, 0) is 25.4 Å². The second-order valence-electron chi connectivity index (χ2n) is 3.10. The molecule has 2 atom stereocenters. The fourth-order valence-corrected chi connectivity index (χ4v) is 1.52. The van der Waals surface area contributed by atoms with Crippen LogP contribution in [0.1, 0.15) is 13.3 Å². The van der Waals surface area contributed by atoms with Crippen molar-refractivity contribution in [1.82, 2.24) is 5.32 Å². The summed E-state index contributed by atoms with van der Waals surface area (Å²) in [6, 6.07) is 0. The van der Waals surface area contributed by atoms with E-state index in [2.05, 4.69) is 12.2 Å². The van der Waals surface area contributed by atoms with Gasteiger partial charge < -0.3 is 10.1 Å². The van der Waals surface area contributed by atoms with Crippen molar-refractivity contribution in [2.24, 2.45) is 11.8 Å². The minimum absolute atomic E-state index is 0. The van der Waals surface area contributed by atoms with Crippen LogP contribution in [0.25, 0.3) is 0 Å². The van der Waals surface area contributed by atoms with Gasteiger partial charge in [0.1, 0.15) is 0 Å². The van der Waals surface area contributed by atoms with Gasteiger partial charge in [0.15, 0.2) is 0 Å². The van der Waals surface area contributed by atoms with Gasteiger partial charge in [0, 0.05) is 0 Å². The number of piperidine rings is 1. The number of carbonyl (C=O) groups excluding carboxylic acids is 1. The molecule has 0 radical (unpaired) electrons. The number of methoxy groups -OCH3 is 1. The Morgan fingerprint density at radius 1 is 1.58 bits per heavy atom. The Morgan fingerprint density at radius 2 is 2.25 bits per heavy atom. The summed E-state index contributed by atoms with van der Waals surface area (Å²) in [6.45, 7) is 3.94. The van der Waals surface area contributed by atoms with E-state index in [0.717, 1.165) is 19.5 Å². The van der Waals surface area contributed by atoms with Crippen molar-refractivity contribution in [2.75, 3.05) is 20.2 Å². The average Bonchev–Trinajstić information content (AvgIpc) is 2.04. The minimum atomic E-state index is -0.0565. The molecule has 1 fully saturated rings. The summed E-state index contributed by atoms with van der Waals surface area (Å²) in [4.78, 5) is 11.1. The molecule has 0 aliphatic carbocycles. The molecule has 0 aromatic carbocycles. The summed E-state index contributed by atoms with van der Waals surface area (Å²) in [5.74, 6) is 0.469. The minimum Gasteiger partial charge on any atom is -0.469 e. The molecule has 0 unspecified atom stereocenters. The molecule has 0 aromatic heterocycles. The molecule has 12 heavy (non-hydrogen) atoms. The van der Waals surface area contributed by atoms with Crippen molar-refractivity contribution in [3.63, 3.8) is 0 Å². The molecular formula is C8H16ClNO2. The molecule has 72 valence electrons. The van der Waals surface area contributed by atoms with Gasteiger partial charge in [-0.2, -0.15) is 0 Å². The number of rotatable bonds is 1. The van der Waals surface area contributed by atoms with E-state index in [-0.39, 0.29) is 24.3 Å². The summed E-state index contributed by atoms with van der Waals surface area (Å²) in [6.07, 6.45) is 0.911. The molecule has 0 aromatic rings. The van der Waals surface area contributed by atoms with Crippen molar-refractivity contribution in [2.45, 2.75) is 13.3 Å². The lowest BCUT2D eigenvalue weighted by molar-refractivity contribution is -0.148. The number of esters is 1. The normalized spacial score (nSPS) is 28.8. The third-order valence-corrected chi connectivity index (χ3v) is 2.29. The molecule has 3 nitrogen and oxygen atoms in total. The summed E-state index contributed by atoms with van der Waals surface area (Å²) in [5.41, 5.74) is 0. The van der Waals surface area contributed by atoms with Gasteiger partial charge in [-0.3, -0.25) is 4.79 Å². The second kappa shape index (κ2) is 5.38. The molecule has 0 bridgehead atoms. The van der Waals surface area contributed by atoms with Crippen molar-refractivity contribution >= 4 is 18.4 Å². The first kappa shape index (κ1) is 11.7. The molecule has 1 N–H and O–H groups in total. The lowest BCUT2D eigenvalue weighted by atomic mass is 9.88. The zero-order valence-electron chi connectivity index (χ0n) is 7.50. The molecule has 1 aliphatic heterocycles. The number of hydrogen-bond donors (Lipinski definition) is 1. The number of hydrogen-bond acceptors (Lipinski definition) is 3. The molecule has 1 saturated heterocycles. The zero-order valence-corrected chi connectivity index (χ0v) is 8.32. The van der Waals surface area contributed by atoms with Crippen molar-refractivity contribution in [1.29, 1.82) is 0 Å². The Kier molecular flexibility index (Phi) is 5.25. The van der Waals surface area contributed by atoms with Crippen LogP contribution in [0, 0.1) is 11.8 Å². The molecule has 1 rings (SSSR count). The molecule has 1 aliphatic rings. The van der Waals surface area contributed by atoms with E-state index in [1.807, 2.05) is 0 Å². The summed E-state index contributed by atoms with van der Waals surface area (Å²) in [5, 5.41) is 3.24. The summed E-state index contributed by atoms with van der Waals surface area (Å²) >= 11 is 0. The Labute approximate surface area is 79.3 Å². The fourth-order valence-electron chi connectivity index (χ4n) is 1.52. The monoisotopic (exact) mass is 193 g/mol. The van der Waals surface area contributed by atoms with E-state index in [9.17, 15) is 4.79 Å². The fraction of sp³-hybridized carbons (Fsp3) is 0.875. The molecule has 4 heteroatoms. The van der Waals surface area contributed by atoms with E-state index in [1.54, 1.807) is 0 Å². The predicted octanol–water partition coefficient (Wildman–Crippen LogP) is 0.827. The standard InChI is InChI=1S/C8H15NO2.ClH/c1-6-5-9-4-3-7(6)8(10)11-2;/h6-7,9H,3-5H2,1-2H3;1H/t6-,7-;/m0./s1. The van der Waals surface area contributed by atoms with Crippen LogP contribution in [0.5, 0.6) is 0 Å². The van der Waals surface area contributed by atoms with Crippen LogP contribution in [0.4, 0.5) is 0 Å². The van der Waals surface area contributed by atoms with E-state index in [0.29, 0.717) is 5.92 Å². The van der Waals surface area contributed by atoms with Crippen molar-refractivity contribution < 1.29 is 9.53 Å². The molecule has 1 heterocycles. The van der Waals surface area contributed by atoms with Gasteiger partial charge >= 0.3 is 5.97 Å². The van der Waals surface area contributed by atoms with Gasteiger partial charge in [0.2, 0.25) is 0 Å². The first-order valence-electron chi connectivity index (χ1n) is 4.04. The van der Waals surface area contributed by atoms with Crippen molar-refractivity contribution in [3.05, 3.63) is 0 Å². The topological polar surface area (TPSA) is 38.3 Å². The number of ether oxygens (including phenoxy) is 1. The van der Waals surface area contributed by atoms with Gasteiger partial charge in [-0.15, -0.1) is 12.4 Å². The molecule has 0 saturated carbocycles. The Bertz CT molecular complexity index is 152. The number of nitrogens with one attached hydrogen (secondary N) is 1. The highest BCUT2D eigenvalue weighted by Gasteiger charge is 2.27. The summed E-state index contributed by atoms with van der Waals surface area (Å²) in [7, 11) is 1.46. The van der Waals surface area contributed by atoms with E-state index in [4.69, 9.17) is 4.74 Å². The summed E-state index contributed by atoms with van der Waals surface area (Å²) < 4.78 is 4.69. The lowest BCUT2D eigenvalue weighted by Gasteiger charge is -2.26. The number of carbonyl (C=O) groups is 1. The Hall–Kier alpha value is -0.280. The largest absolute Gasteiger partial charge is 0.469 e. The van der Waals surface area contributed by atoms with Crippen LogP contribution in [0.15, 0.2) is 0 Å². The van der Waals surface area contributed by atoms with Gasteiger partial charge in [0.25, 0.3) is 0 Å². The highest BCUT2D eigenvalue weighted by Crippen LogP contribution is 2.19. The second-order valence-corrected chi connectivity index (χ2v) is 3.10. The van der Waals surface area contributed by atoms with Crippen LogP contribution in [0.3, 0.4) is 0 Å². The highest BCUT2D eigenvalue weighted by atomic mass is 35.5. The zero-order chi connectivity index (χ0) is 8.27. The van der Waals surface area contributed by atoms with Crippen LogP contribution in [-0.2, 0) is 9.53 Å². The van der Waals surface area contributed by atoms with E-state index in [1.165, 1.54) is 7.11 Å². The first-order valence-corrected chi connectivity index (χ1v) is 4.04. The molecular weight excluding hydrogens is 178 g/mol. The van der Waals surface area contributed by atoms with Crippen LogP contribution in [-0.4, -0.2) is 26.2 Å². The quantitative estimate of drug-likeness (QED) is 0.627. The van der Waals surface area contributed by atoms with E-state index >= 15 is 0 Å². The molecule has 0 amide bonds. The third kappa shape index (κ3) is 2.64. The van der Waals surface area contributed by atoms with Crippen molar-refractivity contribution in [3.8, 4) is 0 Å². The number of halogens is 1. The smallest absolute Gasteiger partial charge is 0.309 e. The molecule has 0 spiro atoms. The Balaban J connectivity index is 0.00000121. The first-order chi connectivity index (χ1) is 5.25. The maximum atomic E-state index is 11.1. The third-order valence-electron chi connectivity index (χ3n) is 2.29. The lowest BCUT2D eigenvalue weighted by Crippen LogP contribution is -2.39. The SMILES string of the molecule is COC(=O)[C@H]1CCNC[C@@H]1C.Cl. The highest BCUT2D eigenvalue weighted by molar-refractivity contribution is 5.85. The van der Waals surface area contributed by atoms with Gasteiger partial charge in [-0.1, -0.05) is 6.92 Å².